The number of rotatable bonds is 3. The summed E-state index contributed by atoms with van der Waals surface area (Å²) in [7, 11) is 0. The van der Waals surface area contributed by atoms with E-state index in [2.05, 4.69) is 5.32 Å². The molecule has 0 saturated carbocycles. The minimum atomic E-state index is -0.878. The van der Waals surface area contributed by atoms with Gasteiger partial charge in [-0.2, -0.15) is 0 Å². The van der Waals surface area contributed by atoms with Gasteiger partial charge in [-0.1, -0.05) is 35.4 Å². The average Bonchev–Trinajstić information content (AvgIpc) is 2.42. The van der Waals surface area contributed by atoms with Crippen molar-refractivity contribution in [3.63, 3.8) is 0 Å². The highest BCUT2D eigenvalue weighted by atomic mass is 35.5. The molecule has 1 heterocycles. The number of benzene rings is 1. The number of thiocarbonyl (C=S) groups is 1. The van der Waals surface area contributed by atoms with Crippen LogP contribution in [-0.2, 0) is 9.53 Å². The second kappa shape index (κ2) is 6.26. The van der Waals surface area contributed by atoms with E-state index in [0.29, 0.717) is 41.8 Å². The zero-order chi connectivity index (χ0) is 14.8. The maximum absolute atomic E-state index is 12.5. The number of ether oxygens (including phenoxy) is 1. The van der Waals surface area contributed by atoms with Crippen LogP contribution in [0, 0.1) is 5.41 Å². The van der Waals surface area contributed by atoms with Crippen LogP contribution in [0.3, 0.4) is 0 Å². The topological polar surface area (TPSA) is 64.4 Å². The van der Waals surface area contributed by atoms with E-state index in [1.165, 1.54) is 0 Å². The predicted octanol–water partition coefficient (Wildman–Crippen LogP) is 3.01. The number of carbonyl (C=O) groups excluding carboxylic acids is 1. The minimum absolute atomic E-state index is 0.184. The van der Waals surface area contributed by atoms with Crippen LogP contribution in [0.15, 0.2) is 18.2 Å². The first-order chi connectivity index (χ1) is 9.45. The molecule has 1 aliphatic rings. The number of amides is 1. The van der Waals surface area contributed by atoms with Crippen LogP contribution in [0.5, 0.6) is 0 Å². The fourth-order valence-corrected chi connectivity index (χ4v) is 2.89. The summed E-state index contributed by atoms with van der Waals surface area (Å²) >= 11 is 17.0. The molecular formula is C13H14Cl2N2O2S. The molecule has 0 aliphatic carbocycles. The van der Waals surface area contributed by atoms with Gasteiger partial charge in [0.25, 0.3) is 0 Å². The van der Waals surface area contributed by atoms with E-state index in [4.69, 9.17) is 45.9 Å². The lowest BCUT2D eigenvalue weighted by molar-refractivity contribution is -0.126. The van der Waals surface area contributed by atoms with Crippen molar-refractivity contribution in [1.29, 1.82) is 0 Å². The summed E-state index contributed by atoms with van der Waals surface area (Å²) in [6.45, 7) is 0.915. The van der Waals surface area contributed by atoms with Crippen molar-refractivity contribution in [2.24, 2.45) is 11.1 Å². The molecule has 0 spiro atoms. The second-order valence-corrected chi connectivity index (χ2v) is 5.92. The molecule has 2 rings (SSSR count). The van der Waals surface area contributed by atoms with Crippen molar-refractivity contribution in [3.05, 3.63) is 28.2 Å². The van der Waals surface area contributed by atoms with Crippen LogP contribution in [0.1, 0.15) is 12.8 Å². The summed E-state index contributed by atoms with van der Waals surface area (Å²) in [5.41, 5.74) is 5.39. The molecule has 1 fully saturated rings. The average molecular weight is 333 g/mol. The van der Waals surface area contributed by atoms with Gasteiger partial charge in [-0.25, -0.2) is 0 Å². The molecule has 1 amide bonds. The smallest absolute Gasteiger partial charge is 0.237 e. The number of halogens is 2. The van der Waals surface area contributed by atoms with E-state index in [1.807, 2.05) is 0 Å². The Kier molecular flexibility index (Phi) is 4.86. The molecule has 0 bridgehead atoms. The highest BCUT2D eigenvalue weighted by molar-refractivity contribution is 7.80. The molecular weight excluding hydrogens is 319 g/mol. The summed E-state index contributed by atoms with van der Waals surface area (Å²) in [6.07, 6.45) is 0.943. The Bertz CT molecular complexity index is 545. The predicted molar refractivity (Wildman–Crippen MR) is 84.4 cm³/mol. The Hall–Kier alpha value is -0.880. The van der Waals surface area contributed by atoms with Gasteiger partial charge in [0.2, 0.25) is 5.91 Å². The first-order valence-electron chi connectivity index (χ1n) is 6.10. The van der Waals surface area contributed by atoms with Crippen molar-refractivity contribution >= 4 is 52.0 Å². The van der Waals surface area contributed by atoms with E-state index in [0.717, 1.165) is 0 Å². The van der Waals surface area contributed by atoms with Gasteiger partial charge in [0.05, 0.1) is 15.7 Å². The molecule has 7 heteroatoms. The highest BCUT2D eigenvalue weighted by Crippen LogP contribution is 2.34. The number of carbonyl (C=O) groups is 1. The molecule has 0 aromatic heterocycles. The number of nitrogens with two attached hydrogens (primary N) is 1. The Morgan fingerprint density at radius 1 is 1.35 bits per heavy atom. The molecule has 0 atom stereocenters. The Morgan fingerprint density at radius 2 is 2.00 bits per heavy atom. The van der Waals surface area contributed by atoms with Crippen LogP contribution < -0.4 is 11.1 Å². The van der Waals surface area contributed by atoms with Gasteiger partial charge in [-0.3, -0.25) is 4.79 Å². The van der Waals surface area contributed by atoms with Gasteiger partial charge >= 0.3 is 0 Å². The van der Waals surface area contributed by atoms with E-state index in [1.54, 1.807) is 18.2 Å². The van der Waals surface area contributed by atoms with Crippen molar-refractivity contribution in [2.45, 2.75) is 12.8 Å². The lowest BCUT2D eigenvalue weighted by Crippen LogP contribution is -2.49. The van der Waals surface area contributed by atoms with Gasteiger partial charge in [0.15, 0.2) is 0 Å². The van der Waals surface area contributed by atoms with Crippen molar-refractivity contribution in [3.8, 4) is 0 Å². The van der Waals surface area contributed by atoms with Crippen molar-refractivity contribution in [2.75, 3.05) is 18.5 Å². The molecule has 0 unspecified atom stereocenters. The van der Waals surface area contributed by atoms with Crippen molar-refractivity contribution in [1.82, 2.24) is 0 Å². The number of nitrogens with one attached hydrogen (secondary N) is 1. The monoisotopic (exact) mass is 332 g/mol. The SMILES string of the molecule is NC(=S)C1(C(=O)Nc2ccc(Cl)cc2Cl)CCOCC1. The zero-order valence-corrected chi connectivity index (χ0v) is 12.9. The highest BCUT2D eigenvalue weighted by Gasteiger charge is 2.43. The van der Waals surface area contributed by atoms with Crippen LogP contribution in [-0.4, -0.2) is 24.1 Å². The van der Waals surface area contributed by atoms with E-state index >= 15 is 0 Å². The summed E-state index contributed by atoms with van der Waals surface area (Å²) in [6, 6.07) is 4.87. The minimum Gasteiger partial charge on any atom is -0.392 e. The van der Waals surface area contributed by atoms with Gasteiger partial charge in [0, 0.05) is 18.2 Å². The largest absolute Gasteiger partial charge is 0.392 e. The van der Waals surface area contributed by atoms with E-state index in [-0.39, 0.29) is 10.9 Å². The van der Waals surface area contributed by atoms with Crippen molar-refractivity contribution < 1.29 is 9.53 Å². The van der Waals surface area contributed by atoms with Gasteiger partial charge in [-0.15, -0.1) is 0 Å². The Morgan fingerprint density at radius 3 is 2.55 bits per heavy atom. The summed E-state index contributed by atoms with van der Waals surface area (Å²) < 4.78 is 5.28. The molecule has 108 valence electrons. The first-order valence-corrected chi connectivity index (χ1v) is 7.26. The maximum Gasteiger partial charge on any atom is 0.237 e. The molecule has 20 heavy (non-hydrogen) atoms. The van der Waals surface area contributed by atoms with Crippen LogP contribution >= 0.6 is 35.4 Å². The van der Waals surface area contributed by atoms with Crippen LogP contribution in [0.4, 0.5) is 5.69 Å². The molecule has 1 aliphatic heterocycles. The lowest BCUT2D eigenvalue weighted by Gasteiger charge is -2.34. The number of anilines is 1. The molecule has 3 N–H and O–H groups in total. The third kappa shape index (κ3) is 3.06. The summed E-state index contributed by atoms with van der Waals surface area (Å²) in [5, 5.41) is 3.65. The zero-order valence-electron chi connectivity index (χ0n) is 10.6. The lowest BCUT2D eigenvalue weighted by atomic mass is 9.79. The quantitative estimate of drug-likeness (QED) is 0.835. The van der Waals surface area contributed by atoms with Crippen LogP contribution in [0.25, 0.3) is 0 Å². The van der Waals surface area contributed by atoms with Gasteiger partial charge < -0.3 is 15.8 Å². The third-order valence-corrected chi connectivity index (χ3v) is 4.37. The molecule has 1 aromatic carbocycles. The van der Waals surface area contributed by atoms with Gasteiger partial charge in [0.1, 0.15) is 5.41 Å². The summed E-state index contributed by atoms with van der Waals surface area (Å²) in [5.74, 6) is -0.252. The van der Waals surface area contributed by atoms with Gasteiger partial charge in [-0.05, 0) is 31.0 Å². The second-order valence-electron chi connectivity index (χ2n) is 4.64. The standard InChI is InChI=1S/C13H14Cl2N2O2S/c14-8-1-2-10(9(15)7-8)17-12(18)13(11(16)20)3-5-19-6-4-13/h1-2,7H,3-6H2,(H2,16,20)(H,17,18). The Labute approximate surface area is 132 Å². The van der Waals surface area contributed by atoms with E-state index in [9.17, 15) is 4.79 Å². The Balaban J connectivity index is 2.22. The third-order valence-electron chi connectivity index (χ3n) is 3.43. The normalized spacial score (nSPS) is 17.5. The fraction of sp³-hybridized carbons (Fsp3) is 0.385. The van der Waals surface area contributed by atoms with E-state index < -0.39 is 5.41 Å². The first kappa shape index (κ1) is 15.5. The fourth-order valence-electron chi connectivity index (χ4n) is 2.14. The maximum atomic E-state index is 12.5. The van der Waals surface area contributed by atoms with Crippen LogP contribution in [0.2, 0.25) is 10.0 Å². The number of hydrogen-bond donors (Lipinski definition) is 2. The number of hydrogen-bond acceptors (Lipinski definition) is 3. The molecule has 1 saturated heterocycles. The summed E-state index contributed by atoms with van der Waals surface area (Å²) in [4.78, 5) is 12.7. The molecule has 4 nitrogen and oxygen atoms in total. The molecule has 0 radical (unpaired) electrons. The molecule has 1 aromatic rings.